The molecule has 5 heteroatoms. The smallest absolute Gasteiger partial charge is 0.309 e. The highest BCUT2D eigenvalue weighted by Gasteiger charge is 2.08. The van der Waals surface area contributed by atoms with Crippen molar-refractivity contribution < 1.29 is 19.1 Å². The molecule has 0 unspecified atom stereocenters. The summed E-state index contributed by atoms with van der Waals surface area (Å²) in [5.74, 6) is -0.153. The number of carbonyl (C=O) groups excluding carboxylic acids is 2. The number of rotatable bonds is 7. The van der Waals surface area contributed by atoms with E-state index in [1.807, 2.05) is 36.4 Å². The Hall–Kier alpha value is -2.82. The highest BCUT2D eigenvalue weighted by atomic mass is 16.5. The lowest BCUT2D eigenvalue weighted by Crippen LogP contribution is -2.21. The van der Waals surface area contributed by atoms with Crippen molar-refractivity contribution in [3.05, 3.63) is 60.7 Å². The Labute approximate surface area is 128 Å². The van der Waals surface area contributed by atoms with Crippen molar-refractivity contribution in [2.24, 2.45) is 0 Å². The molecular weight excluding hydrogens is 282 g/mol. The lowest BCUT2D eigenvalue weighted by molar-refractivity contribution is -0.147. The molecule has 1 N–H and O–H groups in total. The van der Waals surface area contributed by atoms with Gasteiger partial charge in [-0.25, -0.2) is 0 Å². The Morgan fingerprint density at radius 2 is 1.55 bits per heavy atom. The summed E-state index contributed by atoms with van der Waals surface area (Å²) in [5, 5.41) is 2.63. The Kier molecular flexibility index (Phi) is 5.99. The van der Waals surface area contributed by atoms with E-state index in [0.717, 1.165) is 0 Å². The largest absolute Gasteiger partial charge is 0.493 e. The zero-order chi connectivity index (χ0) is 15.6. The third-order valence-electron chi connectivity index (χ3n) is 2.74. The van der Waals surface area contributed by atoms with Crippen molar-refractivity contribution in [2.75, 3.05) is 18.5 Å². The van der Waals surface area contributed by atoms with Crippen LogP contribution < -0.4 is 10.1 Å². The maximum absolute atomic E-state index is 11.6. The molecule has 0 bridgehead atoms. The maximum atomic E-state index is 11.6. The number of amides is 1. The first kappa shape index (κ1) is 15.6. The third-order valence-corrected chi connectivity index (χ3v) is 2.74. The molecule has 22 heavy (non-hydrogen) atoms. The number of hydrogen-bond acceptors (Lipinski definition) is 4. The predicted molar refractivity (Wildman–Crippen MR) is 82.6 cm³/mol. The van der Waals surface area contributed by atoms with Crippen molar-refractivity contribution in [1.82, 2.24) is 0 Å². The molecule has 0 saturated carbocycles. The van der Waals surface area contributed by atoms with E-state index in [2.05, 4.69) is 5.32 Å². The lowest BCUT2D eigenvalue weighted by Gasteiger charge is -2.07. The van der Waals surface area contributed by atoms with E-state index in [-0.39, 0.29) is 25.5 Å². The van der Waals surface area contributed by atoms with Crippen LogP contribution in [0.1, 0.15) is 6.42 Å². The highest BCUT2D eigenvalue weighted by Crippen LogP contribution is 2.08. The van der Waals surface area contributed by atoms with Crippen LogP contribution in [-0.2, 0) is 14.3 Å². The SMILES string of the molecule is O=C(COC(=O)CCOc1ccccc1)Nc1ccccc1. The van der Waals surface area contributed by atoms with Crippen LogP contribution in [0.3, 0.4) is 0 Å². The van der Waals surface area contributed by atoms with Crippen LogP contribution in [0.25, 0.3) is 0 Å². The molecule has 2 rings (SSSR count). The zero-order valence-electron chi connectivity index (χ0n) is 12.0. The van der Waals surface area contributed by atoms with Gasteiger partial charge in [-0.1, -0.05) is 36.4 Å². The van der Waals surface area contributed by atoms with E-state index in [0.29, 0.717) is 11.4 Å². The number of nitrogens with one attached hydrogen (secondary N) is 1. The number of anilines is 1. The Bertz CT molecular complexity index is 599. The van der Waals surface area contributed by atoms with Crippen molar-refractivity contribution in [3.63, 3.8) is 0 Å². The topological polar surface area (TPSA) is 64.6 Å². The van der Waals surface area contributed by atoms with Crippen molar-refractivity contribution in [1.29, 1.82) is 0 Å². The van der Waals surface area contributed by atoms with Gasteiger partial charge in [-0.05, 0) is 24.3 Å². The Morgan fingerprint density at radius 1 is 0.909 bits per heavy atom. The Morgan fingerprint density at radius 3 is 2.23 bits per heavy atom. The van der Waals surface area contributed by atoms with Gasteiger partial charge >= 0.3 is 5.97 Å². The number of ether oxygens (including phenoxy) is 2. The van der Waals surface area contributed by atoms with E-state index in [4.69, 9.17) is 9.47 Å². The van der Waals surface area contributed by atoms with Crippen LogP contribution in [-0.4, -0.2) is 25.1 Å². The van der Waals surface area contributed by atoms with Gasteiger partial charge in [0.05, 0.1) is 13.0 Å². The minimum Gasteiger partial charge on any atom is -0.493 e. The van der Waals surface area contributed by atoms with Gasteiger partial charge < -0.3 is 14.8 Å². The summed E-state index contributed by atoms with van der Waals surface area (Å²) in [6.07, 6.45) is 0.0908. The molecule has 5 nitrogen and oxygen atoms in total. The molecule has 0 aliphatic rings. The molecule has 0 aromatic heterocycles. The highest BCUT2D eigenvalue weighted by molar-refractivity contribution is 5.92. The molecule has 0 saturated heterocycles. The summed E-state index contributed by atoms with van der Waals surface area (Å²) in [5.41, 5.74) is 0.663. The average Bonchev–Trinajstić information content (AvgIpc) is 2.55. The number of hydrogen-bond donors (Lipinski definition) is 1. The third kappa shape index (κ3) is 5.66. The monoisotopic (exact) mass is 299 g/mol. The van der Waals surface area contributed by atoms with E-state index >= 15 is 0 Å². The van der Waals surface area contributed by atoms with Crippen molar-refractivity contribution in [2.45, 2.75) is 6.42 Å². The van der Waals surface area contributed by atoms with Crippen LogP contribution >= 0.6 is 0 Å². The van der Waals surface area contributed by atoms with Crippen LogP contribution in [0, 0.1) is 0 Å². The van der Waals surface area contributed by atoms with Crippen molar-refractivity contribution in [3.8, 4) is 5.75 Å². The second-order valence-corrected chi connectivity index (χ2v) is 4.49. The van der Waals surface area contributed by atoms with Gasteiger partial charge in [0.15, 0.2) is 6.61 Å². The van der Waals surface area contributed by atoms with E-state index in [1.54, 1.807) is 24.3 Å². The fourth-order valence-electron chi connectivity index (χ4n) is 1.71. The fraction of sp³-hybridized carbons (Fsp3) is 0.176. The summed E-state index contributed by atoms with van der Waals surface area (Å²) in [6.45, 7) is -0.0950. The van der Waals surface area contributed by atoms with Crippen molar-refractivity contribution >= 4 is 17.6 Å². The van der Waals surface area contributed by atoms with Crippen LogP contribution in [0.4, 0.5) is 5.69 Å². The molecule has 0 heterocycles. The van der Waals surface area contributed by atoms with Gasteiger partial charge in [-0.3, -0.25) is 9.59 Å². The van der Waals surface area contributed by atoms with Gasteiger partial charge in [-0.15, -0.1) is 0 Å². The molecule has 1 amide bonds. The van der Waals surface area contributed by atoms with Gasteiger partial charge in [0, 0.05) is 5.69 Å². The van der Waals surface area contributed by atoms with E-state index in [9.17, 15) is 9.59 Å². The van der Waals surface area contributed by atoms with Gasteiger partial charge in [-0.2, -0.15) is 0 Å². The second-order valence-electron chi connectivity index (χ2n) is 4.49. The standard InChI is InChI=1S/C17H17NO4/c19-16(18-14-7-3-1-4-8-14)13-22-17(20)11-12-21-15-9-5-2-6-10-15/h1-10H,11-13H2,(H,18,19). The van der Waals surface area contributed by atoms with Gasteiger partial charge in [0.25, 0.3) is 5.91 Å². The molecule has 0 radical (unpaired) electrons. The summed E-state index contributed by atoms with van der Waals surface area (Å²) in [6, 6.07) is 18.2. The number of esters is 1. The number of carbonyl (C=O) groups is 2. The van der Waals surface area contributed by atoms with Crippen LogP contribution in [0.15, 0.2) is 60.7 Å². The molecule has 114 valence electrons. The minimum absolute atomic E-state index is 0.0908. The van der Waals surface area contributed by atoms with Gasteiger partial charge in [0.1, 0.15) is 5.75 Å². The summed E-state index contributed by atoms with van der Waals surface area (Å²) in [4.78, 5) is 23.1. The van der Waals surface area contributed by atoms with Gasteiger partial charge in [0.2, 0.25) is 0 Å². The number of para-hydroxylation sites is 2. The molecule has 2 aromatic carbocycles. The average molecular weight is 299 g/mol. The van der Waals surface area contributed by atoms with E-state index in [1.165, 1.54) is 0 Å². The van der Waals surface area contributed by atoms with Crippen LogP contribution in [0.2, 0.25) is 0 Å². The summed E-state index contributed by atoms with van der Waals surface area (Å²) in [7, 11) is 0. The maximum Gasteiger partial charge on any atom is 0.309 e. The second kappa shape index (κ2) is 8.46. The summed E-state index contributed by atoms with van der Waals surface area (Å²) >= 11 is 0. The fourth-order valence-corrected chi connectivity index (χ4v) is 1.71. The Balaban J connectivity index is 1.62. The molecule has 2 aromatic rings. The molecule has 0 aliphatic heterocycles. The first-order chi connectivity index (χ1) is 10.7. The molecule has 0 atom stereocenters. The van der Waals surface area contributed by atoms with Crippen LogP contribution in [0.5, 0.6) is 5.75 Å². The normalized spacial score (nSPS) is 9.82. The molecular formula is C17H17NO4. The molecule has 0 aliphatic carbocycles. The molecule has 0 spiro atoms. The first-order valence-corrected chi connectivity index (χ1v) is 6.92. The van der Waals surface area contributed by atoms with E-state index < -0.39 is 5.97 Å². The number of benzene rings is 2. The lowest BCUT2D eigenvalue weighted by atomic mass is 10.3. The predicted octanol–water partition coefficient (Wildman–Crippen LogP) is 2.64. The first-order valence-electron chi connectivity index (χ1n) is 6.92. The quantitative estimate of drug-likeness (QED) is 0.798. The zero-order valence-corrected chi connectivity index (χ0v) is 12.0. The molecule has 0 fully saturated rings. The summed E-state index contributed by atoms with van der Waals surface area (Å²) < 4.78 is 10.3. The minimum atomic E-state index is -0.473.